The number of carbonyl (C=O) groups excluding carboxylic acids is 1. The van der Waals surface area contributed by atoms with Gasteiger partial charge in [-0.2, -0.15) is 0 Å². The minimum Gasteiger partial charge on any atom is -0.326 e. The SMILES string of the molecule is O=C(Nc1ccc(Br)c(Cl)c1)C1CCN(S(=O)(=O)Cc2ccc(Cl)c(Cl)c2)CC1. The minimum atomic E-state index is -3.51. The highest BCUT2D eigenvalue weighted by Gasteiger charge is 2.31. The smallest absolute Gasteiger partial charge is 0.227 e. The van der Waals surface area contributed by atoms with Gasteiger partial charge in [0.15, 0.2) is 0 Å². The lowest BCUT2D eigenvalue weighted by atomic mass is 9.97. The van der Waals surface area contributed by atoms with Crippen molar-refractivity contribution in [2.24, 2.45) is 5.92 Å². The Morgan fingerprint density at radius 3 is 2.34 bits per heavy atom. The molecule has 1 fully saturated rings. The third kappa shape index (κ3) is 5.87. The predicted octanol–water partition coefficient (Wildman–Crippen LogP) is 5.59. The summed E-state index contributed by atoms with van der Waals surface area (Å²) in [4.78, 5) is 12.5. The molecule has 5 nitrogen and oxygen atoms in total. The molecule has 10 heteroatoms. The zero-order valence-corrected chi connectivity index (χ0v) is 19.8. The number of nitrogens with zero attached hydrogens (tertiary/aromatic N) is 1. The van der Waals surface area contributed by atoms with Gasteiger partial charge in [-0.1, -0.05) is 40.9 Å². The molecule has 2 aromatic carbocycles. The second-order valence-corrected chi connectivity index (χ2v) is 10.8. The zero-order valence-electron chi connectivity index (χ0n) is 15.2. The molecule has 1 heterocycles. The van der Waals surface area contributed by atoms with Crippen LogP contribution in [0.1, 0.15) is 18.4 Å². The van der Waals surface area contributed by atoms with Crippen LogP contribution in [0.2, 0.25) is 15.1 Å². The summed E-state index contributed by atoms with van der Waals surface area (Å²) < 4.78 is 27.6. The standard InChI is InChI=1S/C19H18BrCl3N2O3S/c20-15-3-2-14(10-17(15)22)24-19(26)13-5-7-25(8-6-13)29(27,28)11-12-1-4-16(21)18(23)9-12/h1-4,9-10,13H,5-8,11H2,(H,24,26). The van der Waals surface area contributed by atoms with E-state index in [4.69, 9.17) is 34.8 Å². The fourth-order valence-electron chi connectivity index (χ4n) is 3.15. The van der Waals surface area contributed by atoms with E-state index in [0.29, 0.717) is 52.2 Å². The Morgan fingerprint density at radius 2 is 1.72 bits per heavy atom. The highest BCUT2D eigenvalue weighted by molar-refractivity contribution is 9.10. The van der Waals surface area contributed by atoms with Gasteiger partial charge in [-0.3, -0.25) is 4.79 Å². The van der Waals surface area contributed by atoms with E-state index in [2.05, 4.69) is 21.2 Å². The number of benzene rings is 2. The molecule has 1 amide bonds. The summed E-state index contributed by atoms with van der Waals surface area (Å²) in [6.07, 6.45) is 0.910. The minimum absolute atomic E-state index is 0.134. The quantitative estimate of drug-likeness (QED) is 0.538. The molecule has 1 aliphatic heterocycles. The van der Waals surface area contributed by atoms with Gasteiger partial charge in [-0.15, -0.1) is 0 Å². The molecule has 0 atom stereocenters. The van der Waals surface area contributed by atoms with Crippen LogP contribution in [-0.2, 0) is 20.6 Å². The van der Waals surface area contributed by atoms with E-state index in [9.17, 15) is 13.2 Å². The third-order valence-electron chi connectivity index (χ3n) is 4.74. The molecule has 0 spiro atoms. The first-order valence-corrected chi connectivity index (χ1v) is 12.4. The molecule has 0 aliphatic carbocycles. The van der Waals surface area contributed by atoms with Gasteiger partial charge >= 0.3 is 0 Å². The Kier molecular flexibility index (Phi) is 7.51. The Hall–Kier alpha value is -0.830. The lowest BCUT2D eigenvalue weighted by Gasteiger charge is -2.30. The molecule has 0 bridgehead atoms. The summed E-state index contributed by atoms with van der Waals surface area (Å²) in [6, 6.07) is 9.97. The first kappa shape index (κ1) is 22.8. The molecule has 156 valence electrons. The van der Waals surface area contributed by atoms with Crippen molar-refractivity contribution in [3.63, 3.8) is 0 Å². The van der Waals surface area contributed by atoms with Crippen molar-refractivity contribution in [2.45, 2.75) is 18.6 Å². The van der Waals surface area contributed by atoms with Gasteiger partial charge < -0.3 is 5.32 Å². The van der Waals surface area contributed by atoms with Crippen LogP contribution in [0, 0.1) is 5.92 Å². The van der Waals surface area contributed by atoms with Crippen molar-refractivity contribution in [1.82, 2.24) is 4.31 Å². The molecule has 0 radical (unpaired) electrons. The molecule has 3 rings (SSSR count). The van der Waals surface area contributed by atoms with Crippen molar-refractivity contribution in [3.8, 4) is 0 Å². The normalized spacial score (nSPS) is 16.0. The highest BCUT2D eigenvalue weighted by Crippen LogP contribution is 2.28. The molecule has 0 unspecified atom stereocenters. The first-order chi connectivity index (χ1) is 13.7. The summed E-state index contributed by atoms with van der Waals surface area (Å²) in [7, 11) is -3.51. The van der Waals surface area contributed by atoms with Crippen molar-refractivity contribution in [1.29, 1.82) is 0 Å². The van der Waals surface area contributed by atoms with Gasteiger partial charge in [0.25, 0.3) is 0 Å². The molecule has 0 saturated carbocycles. The van der Waals surface area contributed by atoms with E-state index in [1.54, 1.807) is 36.4 Å². The Bertz CT molecular complexity index is 1030. The van der Waals surface area contributed by atoms with Crippen molar-refractivity contribution in [2.75, 3.05) is 18.4 Å². The summed E-state index contributed by atoms with van der Waals surface area (Å²) in [5.41, 5.74) is 1.18. The molecular weight excluding hydrogens is 523 g/mol. The number of hydrogen-bond donors (Lipinski definition) is 1. The molecular formula is C19H18BrCl3N2O3S. The first-order valence-electron chi connectivity index (χ1n) is 8.83. The van der Waals surface area contributed by atoms with Crippen LogP contribution in [0.5, 0.6) is 0 Å². The molecule has 2 aromatic rings. The largest absolute Gasteiger partial charge is 0.326 e. The van der Waals surface area contributed by atoms with E-state index in [-0.39, 0.29) is 17.6 Å². The fraction of sp³-hybridized carbons (Fsp3) is 0.316. The Labute approximate surface area is 193 Å². The summed E-state index contributed by atoms with van der Waals surface area (Å²) in [6.45, 7) is 0.589. The summed E-state index contributed by atoms with van der Waals surface area (Å²) in [5, 5.41) is 4.05. The van der Waals surface area contributed by atoms with E-state index in [1.807, 2.05) is 0 Å². The van der Waals surface area contributed by atoms with Crippen LogP contribution in [0.25, 0.3) is 0 Å². The zero-order chi connectivity index (χ0) is 21.2. The number of rotatable bonds is 5. The maximum Gasteiger partial charge on any atom is 0.227 e. The van der Waals surface area contributed by atoms with E-state index in [1.165, 1.54) is 4.31 Å². The van der Waals surface area contributed by atoms with Gasteiger partial charge in [-0.05, 0) is 64.7 Å². The molecule has 1 saturated heterocycles. The second-order valence-electron chi connectivity index (χ2n) is 6.80. The van der Waals surface area contributed by atoms with Crippen LogP contribution in [0.15, 0.2) is 40.9 Å². The van der Waals surface area contributed by atoms with E-state index in [0.717, 1.165) is 4.47 Å². The molecule has 29 heavy (non-hydrogen) atoms. The van der Waals surface area contributed by atoms with Crippen LogP contribution in [0.3, 0.4) is 0 Å². The fourth-order valence-corrected chi connectivity index (χ4v) is 5.44. The lowest BCUT2D eigenvalue weighted by Crippen LogP contribution is -2.41. The number of amides is 1. The number of anilines is 1. The Morgan fingerprint density at radius 1 is 1.03 bits per heavy atom. The highest BCUT2D eigenvalue weighted by atomic mass is 79.9. The second kappa shape index (κ2) is 9.54. The number of piperidine rings is 1. The topological polar surface area (TPSA) is 66.5 Å². The number of carbonyl (C=O) groups is 1. The van der Waals surface area contributed by atoms with Crippen molar-refractivity contribution in [3.05, 3.63) is 61.5 Å². The monoisotopic (exact) mass is 538 g/mol. The predicted molar refractivity (Wildman–Crippen MR) is 121 cm³/mol. The number of nitrogens with one attached hydrogen (secondary N) is 1. The van der Waals surface area contributed by atoms with Crippen LogP contribution < -0.4 is 5.32 Å². The van der Waals surface area contributed by atoms with Crippen LogP contribution >= 0.6 is 50.7 Å². The molecule has 0 aromatic heterocycles. The Balaban J connectivity index is 1.57. The summed E-state index contributed by atoms with van der Waals surface area (Å²) in [5.74, 6) is -0.545. The maximum atomic E-state index is 12.7. The number of halogens is 4. The van der Waals surface area contributed by atoms with Gasteiger partial charge in [-0.25, -0.2) is 12.7 Å². The van der Waals surface area contributed by atoms with Crippen LogP contribution in [0.4, 0.5) is 5.69 Å². The van der Waals surface area contributed by atoms with E-state index >= 15 is 0 Å². The average molecular weight is 541 g/mol. The molecule has 1 N–H and O–H groups in total. The van der Waals surface area contributed by atoms with Crippen molar-refractivity contribution >= 4 is 72.4 Å². The van der Waals surface area contributed by atoms with Gasteiger partial charge in [0, 0.05) is 29.2 Å². The van der Waals surface area contributed by atoms with E-state index < -0.39 is 10.0 Å². The number of hydrogen-bond acceptors (Lipinski definition) is 3. The average Bonchev–Trinajstić information content (AvgIpc) is 2.67. The van der Waals surface area contributed by atoms with Crippen LogP contribution in [-0.4, -0.2) is 31.7 Å². The summed E-state index contributed by atoms with van der Waals surface area (Å²) >= 11 is 21.2. The van der Waals surface area contributed by atoms with Gasteiger partial charge in [0.2, 0.25) is 15.9 Å². The maximum absolute atomic E-state index is 12.7. The third-order valence-corrected chi connectivity index (χ3v) is 8.56. The van der Waals surface area contributed by atoms with Crippen molar-refractivity contribution < 1.29 is 13.2 Å². The number of sulfonamides is 1. The lowest BCUT2D eigenvalue weighted by molar-refractivity contribution is -0.120. The molecule has 1 aliphatic rings. The van der Waals surface area contributed by atoms with Gasteiger partial charge in [0.05, 0.1) is 20.8 Å². The van der Waals surface area contributed by atoms with Gasteiger partial charge in [0.1, 0.15) is 0 Å².